The van der Waals surface area contributed by atoms with Crippen LogP contribution in [0.25, 0.3) is 44.1 Å². The summed E-state index contributed by atoms with van der Waals surface area (Å²) in [5.74, 6) is -1.66. The highest BCUT2D eigenvalue weighted by molar-refractivity contribution is 5.97. The molecule has 8 rings (SSSR count). The molecular weight excluding hydrogens is 778 g/mol. The van der Waals surface area contributed by atoms with Gasteiger partial charge in [0.25, 0.3) is 0 Å². The summed E-state index contributed by atoms with van der Waals surface area (Å²) in [6.07, 6.45) is -2.33. The van der Waals surface area contributed by atoms with Crippen molar-refractivity contribution >= 4 is 33.7 Å². The summed E-state index contributed by atoms with van der Waals surface area (Å²) in [6, 6.07) is 27.8. The molecule has 298 valence electrons. The second kappa shape index (κ2) is 16.2. The number of aromatic nitrogens is 6. The van der Waals surface area contributed by atoms with E-state index < -0.39 is 35.4 Å². The molecule has 4 aromatic carbocycles. The third-order valence-corrected chi connectivity index (χ3v) is 9.15. The number of hydrogen-bond donors (Lipinski definition) is 1. The van der Waals surface area contributed by atoms with Gasteiger partial charge in [-0.1, -0.05) is 48.5 Å². The number of carbonyl (C=O) groups is 2. The highest BCUT2D eigenvalue weighted by Crippen LogP contribution is 2.33. The SMILES string of the molecule is COC(=O)c1cc(-c2cccc3nn(Cc4cccc(C(F)(F)F)c4)cc23)ccn1.O=C(O)c1cc(-c2cccc3nn(Cc4cccc(C(F)(F)F)c4)cc23)ccn1. The Labute approximate surface area is 331 Å². The van der Waals surface area contributed by atoms with Crippen LogP contribution in [0, 0.1) is 0 Å². The fourth-order valence-electron chi connectivity index (χ4n) is 6.45. The number of carboxylic acid groups (broad SMARTS) is 1. The smallest absolute Gasteiger partial charge is 0.416 e. The Morgan fingerprint density at radius 1 is 0.610 bits per heavy atom. The molecule has 4 heterocycles. The predicted molar refractivity (Wildman–Crippen MR) is 205 cm³/mol. The van der Waals surface area contributed by atoms with Crippen LogP contribution in [0.2, 0.25) is 0 Å². The van der Waals surface area contributed by atoms with Gasteiger partial charge in [-0.15, -0.1) is 0 Å². The van der Waals surface area contributed by atoms with Gasteiger partial charge in [-0.05, 0) is 94.0 Å². The number of benzene rings is 4. The normalized spacial score (nSPS) is 11.6. The van der Waals surface area contributed by atoms with Crippen LogP contribution in [0.4, 0.5) is 26.3 Å². The average Bonchev–Trinajstić information content (AvgIpc) is 3.83. The van der Waals surface area contributed by atoms with Crippen molar-refractivity contribution in [3.63, 3.8) is 0 Å². The minimum Gasteiger partial charge on any atom is -0.477 e. The first-order chi connectivity index (χ1) is 28.2. The fraction of sp³-hybridized carbons (Fsp3) is 0.116. The predicted octanol–water partition coefficient (Wildman–Crippen LogP) is 9.82. The number of alkyl halides is 6. The van der Waals surface area contributed by atoms with Crippen molar-refractivity contribution in [1.29, 1.82) is 0 Å². The Balaban J connectivity index is 0.000000179. The third kappa shape index (κ3) is 9.12. The average molecular weight is 809 g/mol. The quantitative estimate of drug-likeness (QED) is 0.119. The number of ether oxygens (including phenoxy) is 1. The zero-order valence-electron chi connectivity index (χ0n) is 30.7. The van der Waals surface area contributed by atoms with Gasteiger partial charge in [0.2, 0.25) is 0 Å². The number of carbonyl (C=O) groups excluding carboxylic acids is 1. The van der Waals surface area contributed by atoms with Crippen LogP contribution in [-0.2, 0) is 30.2 Å². The van der Waals surface area contributed by atoms with Crippen LogP contribution in [0.5, 0.6) is 0 Å². The van der Waals surface area contributed by atoms with Crippen LogP contribution >= 0.6 is 0 Å². The molecule has 4 aromatic heterocycles. The van der Waals surface area contributed by atoms with Crippen LogP contribution in [0.1, 0.15) is 43.2 Å². The van der Waals surface area contributed by atoms with Crippen molar-refractivity contribution < 1.29 is 45.8 Å². The molecule has 16 heteroatoms. The molecule has 0 fully saturated rings. The fourth-order valence-corrected chi connectivity index (χ4v) is 6.45. The molecule has 0 aliphatic rings. The molecule has 0 aliphatic carbocycles. The maximum Gasteiger partial charge on any atom is 0.416 e. The Kier molecular flexibility index (Phi) is 11.0. The summed E-state index contributed by atoms with van der Waals surface area (Å²) in [5.41, 5.74) is 4.06. The lowest BCUT2D eigenvalue weighted by molar-refractivity contribution is -0.138. The number of hydrogen-bond acceptors (Lipinski definition) is 7. The van der Waals surface area contributed by atoms with Crippen molar-refractivity contribution in [3.05, 3.63) is 168 Å². The number of methoxy groups -OCH3 is 1. The highest BCUT2D eigenvalue weighted by atomic mass is 19.4. The summed E-state index contributed by atoms with van der Waals surface area (Å²) in [6.45, 7) is 0.372. The van der Waals surface area contributed by atoms with Gasteiger partial charge in [0, 0.05) is 35.6 Å². The van der Waals surface area contributed by atoms with Crippen LogP contribution in [0.3, 0.4) is 0 Å². The maximum atomic E-state index is 13.0. The van der Waals surface area contributed by atoms with Gasteiger partial charge in [0.15, 0.2) is 0 Å². The van der Waals surface area contributed by atoms with E-state index in [0.29, 0.717) is 27.7 Å². The number of rotatable bonds is 8. The van der Waals surface area contributed by atoms with E-state index in [1.165, 1.54) is 37.7 Å². The van der Waals surface area contributed by atoms with Crippen LogP contribution in [-0.4, -0.2) is 53.7 Å². The standard InChI is InChI=1S/C22H16F3N3O2.C21H14F3N3O2/c1-30-21(29)20-11-15(8-9-26-20)17-6-3-7-19-18(17)13-28(27-19)12-14-4-2-5-16(10-14)22(23,24)25;22-21(23,24)15-4-1-3-13(9-15)11-27-12-17-16(5-2-6-18(17)26-27)14-7-8-25-19(10-14)20(28)29/h2-11,13H,12H2,1H3;1-10,12H,11H2,(H,28,29). The number of carboxylic acids is 1. The molecule has 0 saturated carbocycles. The van der Waals surface area contributed by atoms with Gasteiger partial charge in [0.05, 0.1) is 42.4 Å². The molecule has 0 amide bonds. The second-order valence-electron chi connectivity index (χ2n) is 13.2. The van der Waals surface area contributed by atoms with E-state index >= 15 is 0 Å². The first-order valence-electron chi connectivity index (χ1n) is 17.7. The Morgan fingerprint density at radius 3 is 1.49 bits per heavy atom. The molecule has 1 N–H and O–H groups in total. The van der Waals surface area contributed by atoms with Gasteiger partial charge in [-0.2, -0.15) is 36.5 Å². The van der Waals surface area contributed by atoms with Crippen molar-refractivity contribution in [2.75, 3.05) is 7.11 Å². The number of halogens is 6. The van der Waals surface area contributed by atoms with Crippen molar-refractivity contribution in [1.82, 2.24) is 29.5 Å². The topological polar surface area (TPSA) is 125 Å². The molecule has 0 atom stereocenters. The van der Waals surface area contributed by atoms with E-state index in [1.807, 2.05) is 24.3 Å². The summed E-state index contributed by atoms with van der Waals surface area (Å²) >= 11 is 0. The van der Waals surface area contributed by atoms with Crippen LogP contribution in [0.15, 0.2) is 134 Å². The van der Waals surface area contributed by atoms with Crippen molar-refractivity contribution in [2.24, 2.45) is 0 Å². The number of nitrogens with zero attached hydrogens (tertiary/aromatic N) is 6. The molecule has 0 bridgehead atoms. The second-order valence-corrected chi connectivity index (χ2v) is 13.2. The molecule has 10 nitrogen and oxygen atoms in total. The van der Waals surface area contributed by atoms with Crippen molar-refractivity contribution in [3.8, 4) is 22.3 Å². The Bertz CT molecular complexity index is 2830. The third-order valence-electron chi connectivity index (χ3n) is 9.15. The van der Waals surface area contributed by atoms with E-state index in [4.69, 9.17) is 9.84 Å². The van der Waals surface area contributed by atoms with Crippen LogP contribution < -0.4 is 0 Å². The van der Waals surface area contributed by atoms with E-state index in [-0.39, 0.29) is 24.5 Å². The van der Waals surface area contributed by atoms with Gasteiger partial charge in [0.1, 0.15) is 11.4 Å². The number of pyridine rings is 2. The van der Waals surface area contributed by atoms with Gasteiger partial charge in [-0.25, -0.2) is 19.6 Å². The lowest BCUT2D eigenvalue weighted by Crippen LogP contribution is -2.07. The molecule has 0 radical (unpaired) electrons. The van der Waals surface area contributed by atoms with E-state index in [2.05, 4.69) is 20.2 Å². The number of esters is 1. The number of aromatic carboxylic acids is 1. The highest BCUT2D eigenvalue weighted by Gasteiger charge is 2.31. The molecular formula is C43H30F6N6O4. The van der Waals surface area contributed by atoms with Gasteiger partial charge >= 0.3 is 24.3 Å². The van der Waals surface area contributed by atoms with E-state index in [9.17, 15) is 35.9 Å². The maximum absolute atomic E-state index is 13.0. The minimum absolute atomic E-state index is 0.0733. The van der Waals surface area contributed by atoms with E-state index in [1.54, 1.807) is 64.2 Å². The Hall–Kier alpha value is -7.36. The first kappa shape index (κ1) is 39.9. The first-order valence-corrected chi connectivity index (χ1v) is 17.7. The summed E-state index contributed by atoms with van der Waals surface area (Å²) in [5, 5.41) is 19.7. The summed E-state index contributed by atoms with van der Waals surface area (Å²) < 4.78 is 85.6. The van der Waals surface area contributed by atoms with Gasteiger partial charge < -0.3 is 9.84 Å². The zero-order valence-corrected chi connectivity index (χ0v) is 30.7. The Morgan fingerprint density at radius 2 is 1.05 bits per heavy atom. The molecule has 0 aliphatic heterocycles. The lowest BCUT2D eigenvalue weighted by Gasteiger charge is -2.08. The molecule has 0 unspecified atom stereocenters. The molecule has 8 aromatic rings. The zero-order chi connectivity index (χ0) is 41.9. The molecule has 0 saturated heterocycles. The minimum atomic E-state index is -4.40. The van der Waals surface area contributed by atoms with Crippen molar-refractivity contribution in [2.45, 2.75) is 25.4 Å². The largest absolute Gasteiger partial charge is 0.477 e. The number of fused-ring (bicyclic) bond motifs is 2. The molecule has 59 heavy (non-hydrogen) atoms. The summed E-state index contributed by atoms with van der Waals surface area (Å²) in [4.78, 5) is 30.8. The lowest BCUT2D eigenvalue weighted by atomic mass is 10.0. The van der Waals surface area contributed by atoms with Gasteiger partial charge in [-0.3, -0.25) is 9.36 Å². The molecule has 0 spiro atoms. The van der Waals surface area contributed by atoms with E-state index in [0.717, 1.165) is 51.7 Å². The summed E-state index contributed by atoms with van der Waals surface area (Å²) in [7, 11) is 1.29. The monoisotopic (exact) mass is 808 g/mol.